The molecule has 0 fully saturated rings. The predicted octanol–water partition coefficient (Wildman–Crippen LogP) is 5.69. The number of benzene rings is 1. The van der Waals surface area contributed by atoms with Crippen LogP contribution in [0.2, 0.25) is 13.3 Å². The summed E-state index contributed by atoms with van der Waals surface area (Å²) in [5.74, 6) is 0. The Balaban J connectivity index is 2.41. The van der Waals surface area contributed by atoms with Gasteiger partial charge in [0.15, 0.2) is 0 Å². The van der Waals surface area contributed by atoms with Gasteiger partial charge in [-0.25, -0.2) is 0 Å². The van der Waals surface area contributed by atoms with E-state index in [1.807, 2.05) is 0 Å². The summed E-state index contributed by atoms with van der Waals surface area (Å²) in [6.07, 6.45) is 10.2. The fraction of sp³-hybridized carbons (Fsp3) is 0.600. The first kappa shape index (κ1) is 18.7. The average molecular weight is 419 g/mol. The molecule has 1 aromatic carbocycles. The van der Waals surface area contributed by atoms with Crippen LogP contribution >= 0.6 is 0 Å². The van der Waals surface area contributed by atoms with Gasteiger partial charge in [0.05, 0.1) is 0 Å². The number of para-hydroxylation sites is 2. The number of hydrogen-bond donors (Lipinski definition) is 0. The van der Waals surface area contributed by atoms with Crippen molar-refractivity contribution >= 4 is 33.1 Å². The summed E-state index contributed by atoms with van der Waals surface area (Å²) in [6, 6.07) is 8.34. The molecule has 2 aromatic rings. The van der Waals surface area contributed by atoms with Crippen molar-refractivity contribution in [2.75, 3.05) is 0 Å². The van der Waals surface area contributed by atoms with Gasteiger partial charge >= 0.3 is 146 Å². The molecule has 0 N–H and O–H groups in total. The summed E-state index contributed by atoms with van der Waals surface area (Å²) in [6.45, 7) is 6.97. The van der Waals surface area contributed by atoms with Gasteiger partial charge in [-0.15, -0.1) is 0 Å². The normalized spacial score (nSPS) is 12.0. The van der Waals surface area contributed by atoms with Crippen LogP contribution in [0.3, 0.4) is 0 Å². The van der Waals surface area contributed by atoms with Crippen molar-refractivity contribution in [2.24, 2.45) is 0 Å². The van der Waals surface area contributed by atoms with Crippen LogP contribution in [0.15, 0.2) is 30.5 Å². The molecule has 0 unspecified atom stereocenters. The molecular formula is C20H32N2Sn. The standard InChI is InChI=1S/C8H5N2.3C4H9.Sn/c1-2-4-8-7(3-1)9-5-6-10-8;3*1-3-4-2;/h1-5H;3*1,3-4H2,2H3;. The minimum absolute atomic E-state index is 1.04. The molecule has 2 rings (SSSR count). The van der Waals surface area contributed by atoms with Gasteiger partial charge < -0.3 is 0 Å². The molecule has 0 spiro atoms. The molecule has 1 heterocycles. The molecule has 2 nitrogen and oxygen atoms in total. The molecule has 0 aliphatic rings. The van der Waals surface area contributed by atoms with Crippen LogP contribution in [0.4, 0.5) is 0 Å². The summed E-state index contributed by atoms with van der Waals surface area (Å²) < 4.78 is 5.81. The molecule has 0 amide bonds. The van der Waals surface area contributed by atoms with Crippen molar-refractivity contribution in [1.82, 2.24) is 9.97 Å². The summed E-state index contributed by atoms with van der Waals surface area (Å²) in [4.78, 5) is 9.90. The fourth-order valence-electron chi connectivity index (χ4n) is 3.52. The van der Waals surface area contributed by atoms with Crippen molar-refractivity contribution in [2.45, 2.75) is 72.6 Å². The van der Waals surface area contributed by atoms with Crippen molar-refractivity contribution in [3.63, 3.8) is 0 Å². The van der Waals surface area contributed by atoms with Crippen LogP contribution in [0.1, 0.15) is 59.3 Å². The maximum atomic E-state index is 5.14. The number of aromatic nitrogens is 2. The van der Waals surface area contributed by atoms with Crippen LogP contribution in [-0.2, 0) is 0 Å². The van der Waals surface area contributed by atoms with E-state index in [9.17, 15) is 0 Å². The van der Waals surface area contributed by atoms with E-state index in [4.69, 9.17) is 9.97 Å². The second-order valence-corrected chi connectivity index (χ2v) is 19.9. The second kappa shape index (κ2) is 9.61. The van der Waals surface area contributed by atoms with Crippen molar-refractivity contribution in [3.05, 3.63) is 30.5 Å². The monoisotopic (exact) mass is 420 g/mol. The number of nitrogens with zero attached hydrogens (tertiary/aromatic N) is 2. The summed E-state index contributed by atoms with van der Waals surface area (Å²) >= 11 is -2.42. The van der Waals surface area contributed by atoms with Gasteiger partial charge in [0.25, 0.3) is 0 Å². The van der Waals surface area contributed by atoms with E-state index in [2.05, 4.69) is 51.2 Å². The third-order valence-electron chi connectivity index (χ3n) is 5.02. The molecule has 126 valence electrons. The zero-order valence-electron chi connectivity index (χ0n) is 15.1. The molecule has 0 aliphatic heterocycles. The first-order valence-corrected chi connectivity index (χ1v) is 17.0. The van der Waals surface area contributed by atoms with Gasteiger partial charge in [0.2, 0.25) is 0 Å². The number of hydrogen-bond acceptors (Lipinski definition) is 2. The van der Waals surface area contributed by atoms with E-state index in [1.54, 1.807) is 0 Å². The molecule has 0 aliphatic carbocycles. The van der Waals surface area contributed by atoms with Crippen molar-refractivity contribution in [3.8, 4) is 0 Å². The van der Waals surface area contributed by atoms with Gasteiger partial charge in [-0.3, -0.25) is 0 Å². The molecule has 1 aromatic heterocycles. The van der Waals surface area contributed by atoms with Gasteiger partial charge in [-0.05, 0) is 0 Å². The zero-order chi connectivity index (χ0) is 16.5. The molecule has 0 saturated carbocycles. The first-order chi connectivity index (χ1) is 11.3. The van der Waals surface area contributed by atoms with Crippen molar-refractivity contribution < 1.29 is 0 Å². The van der Waals surface area contributed by atoms with Crippen LogP contribution in [-0.4, -0.2) is 28.3 Å². The Bertz CT molecular complexity index is 575. The summed E-state index contributed by atoms with van der Waals surface area (Å²) in [7, 11) is 0. The van der Waals surface area contributed by atoms with E-state index in [0.717, 1.165) is 11.0 Å². The fourth-order valence-corrected chi connectivity index (χ4v) is 18.7. The quantitative estimate of drug-likeness (QED) is 0.463. The zero-order valence-corrected chi connectivity index (χ0v) is 18.0. The molecule has 23 heavy (non-hydrogen) atoms. The topological polar surface area (TPSA) is 25.8 Å². The molecule has 3 heteroatoms. The van der Waals surface area contributed by atoms with Crippen molar-refractivity contribution in [1.29, 1.82) is 0 Å². The first-order valence-electron chi connectivity index (χ1n) is 9.48. The Morgan fingerprint density at radius 2 is 1.30 bits per heavy atom. The van der Waals surface area contributed by atoms with Gasteiger partial charge in [0.1, 0.15) is 0 Å². The molecule has 0 radical (unpaired) electrons. The van der Waals surface area contributed by atoms with E-state index in [0.29, 0.717) is 0 Å². The van der Waals surface area contributed by atoms with E-state index in [-0.39, 0.29) is 0 Å². The van der Waals surface area contributed by atoms with Gasteiger partial charge in [0, 0.05) is 0 Å². The minimum atomic E-state index is -2.42. The van der Waals surface area contributed by atoms with E-state index in [1.165, 1.54) is 55.5 Å². The Morgan fingerprint density at radius 3 is 1.83 bits per heavy atom. The number of unbranched alkanes of at least 4 members (excludes halogenated alkanes) is 3. The molecule has 0 bridgehead atoms. The third-order valence-corrected chi connectivity index (χ3v) is 20.0. The van der Waals surface area contributed by atoms with Gasteiger partial charge in [-0.2, -0.15) is 0 Å². The summed E-state index contributed by atoms with van der Waals surface area (Å²) in [5, 5.41) is 0. The predicted molar refractivity (Wildman–Crippen MR) is 104 cm³/mol. The molecule has 0 atom stereocenters. The molecular weight excluding hydrogens is 387 g/mol. The molecule has 0 saturated heterocycles. The SMILES string of the molecule is CCC[CH2][Sn]([CH2]CCC)([CH2]CCC)[c]1cnc2ccccc2n1. The Hall–Kier alpha value is -0.641. The number of fused-ring (bicyclic) bond motifs is 1. The van der Waals surface area contributed by atoms with Crippen LogP contribution < -0.4 is 3.71 Å². The van der Waals surface area contributed by atoms with Crippen LogP contribution in [0.25, 0.3) is 11.0 Å². The number of rotatable bonds is 10. The van der Waals surface area contributed by atoms with Gasteiger partial charge in [-0.1, -0.05) is 0 Å². The van der Waals surface area contributed by atoms with Crippen LogP contribution in [0, 0.1) is 0 Å². The Morgan fingerprint density at radius 1 is 0.783 bits per heavy atom. The Labute approximate surface area is 146 Å². The Kier molecular flexibility index (Phi) is 7.81. The maximum absolute atomic E-state index is 5.14. The third kappa shape index (κ3) is 4.91. The van der Waals surface area contributed by atoms with E-state index >= 15 is 0 Å². The summed E-state index contributed by atoms with van der Waals surface area (Å²) in [5.41, 5.74) is 2.13. The second-order valence-electron chi connectivity index (χ2n) is 6.83. The van der Waals surface area contributed by atoms with E-state index < -0.39 is 18.4 Å². The van der Waals surface area contributed by atoms with Crippen LogP contribution in [0.5, 0.6) is 0 Å². The average Bonchev–Trinajstić information content (AvgIpc) is 2.61.